The van der Waals surface area contributed by atoms with Gasteiger partial charge in [0.1, 0.15) is 5.70 Å². The number of hydrogen-bond donors (Lipinski definition) is 2. The first-order valence-electron chi connectivity index (χ1n) is 3.33. The molecular formula is C8H13NO2. The summed E-state index contributed by atoms with van der Waals surface area (Å²) < 4.78 is 0. The van der Waals surface area contributed by atoms with E-state index in [9.17, 15) is 5.21 Å². The molecular weight excluding hydrogens is 142 g/mol. The van der Waals surface area contributed by atoms with Crippen molar-refractivity contribution < 1.29 is 10.2 Å². The second kappa shape index (κ2) is 5.85. The van der Waals surface area contributed by atoms with Crippen LogP contribution in [0.5, 0.6) is 0 Å². The van der Waals surface area contributed by atoms with Crippen LogP contribution >= 0.6 is 0 Å². The second-order valence-electron chi connectivity index (χ2n) is 2.00. The maximum atomic E-state index is 10.8. The average molecular weight is 155 g/mol. The topological polar surface area (TPSA) is 47.7 Å². The maximum absolute atomic E-state index is 10.8. The maximum Gasteiger partial charge on any atom is 0.130 e. The lowest BCUT2D eigenvalue weighted by molar-refractivity contribution is -0.778. The van der Waals surface area contributed by atoms with Crippen molar-refractivity contribution in [1.82, 2.24) is 0 Å². The number of quaternary nitrogens is 1. The Balaban J connectivity index is 4.22. The van der Waals surface area contributed by atoms with Crippen LogP contribution in [0, 0.1) is 5.21 Å². The summed E-state index contributed by atoms with van der Waals surface area (Å²) in [7, 11) is 1.47. The van der Waals surface area contributed by atoms with E-state index in [1.807, 2.05) is 0 Å². The number of hydrogen-bond acceptors (Lipinski definition) is 2. The van der Waals surface area contributed by atoms with Crippen molar-refractivity contribution >= 4 is 0 Å². The third-order valence-electron chi connectivity index (χ3n) is 1.11. The number of allylic oxidation sites excluding steroid dienone is 3. The zero-order chi connectivity index (χ0) is 8.69. The zero-order valence-corrected chi connectivity index (χ0v) is 6.58. The average Bonchev–Trinajstić information content (AvgIpc) is 1.97. The van der Waals surface area contributed by atoms with Crippen molar-refractivity contribution in [2.75, 3.05) is 13.7 Å². The Morgan fingerprint density at radius 3 is 2.73 bits per heavy atom. The van der Waals surface area contributed by atoms with Gasteiger partial charge in [-0.05, 0) is 12.2 Å². The van der Waals surface area contributed by atoms with Gasteiger partial charge in [-0.3, -0.25) is 0 Å². The van der Waals surface area contributed by atoms with Gasteiger partial charge in [-0.15, -0.1) is 0 Å². The van der Waals surface area contributed by atoms with E-state index in [4.69, 9.17) is 5.11 Å². The Morgan fingerprint density at radius 1 is 1.73 bits per heavy atom. The van der Waals surface area contributed by atoms with Crippen molar-refractivity contribution in [2.45, 2.75) is 0 Å². The van der Waals surface area contributed by atoms with Crippen LogP contribution in [0.3, 0.4) is 0 Å². The highest BCUT2D eigenvalue weighted by Crippen LogP contribution is 1.85. The lowest BCUT2D eigenvalue weighted by Gasteiger charge is -2.15. The van der Waals surface area contributed by atoms with E-state index in [2.05, 4.69) is 6.58 Å². The van der Waals surface area contributed by atoms with E-state index in [-0.39, 0.29) is 11.7 Å². The summed E-state index contributed by atoms with van der Waals surface area (Å²) in [6.07, 6.45) is 6.23. The molecule has 0 saturated carbocycles. The number of aliphatic hydroxyl groups excluding tert-OH is 1. The van der Waals surface area contributed by atoms with Gasteiger partial charge in [0, 0.05) is 0 Å². The highest BCUT2D eigenvalue weighted by atomic mass is 16.5. The van der Waals surface area contributed by atoms with Crippen LogP contribution in [0.1, 0.15) is 0 Å². The van der Waals surface area contributed by atoms with Gasteiger partial charge in [0.2, 0.25) is 0 Å². The van der Waals surface area contributed by atoms with Crippen LogP contribution in [0.4, 0.5) is 0 Å². The van der Waals surface area contributed by atoms with Crippen molar-refractivity contribution in [1.29, 1.82) is 0 Å². The molecule has 62 valence electrons. The first-order valence-corrected chi connectivity index (χ1v) is 3.33. The molecule has 0 bridgehead atoms. The van der Waals surface area contributed by atoms with Gasteiger partial charge in [-0.2, -0.15) is 0 Å². The van der Waals surface area contributed by atoms with E-state index >= 15 is 0 Å². The van der Waals surface area contributed by atoms with Crippen LogP contribution in [-0.2, 0) is 0 Å². The third kappa shape index (κ3) is 4.50. The SMILES string of the molecule is C=C/C=C(\C=C/CO)[NH+](C)[O-]. The van der Waals surface area contributed by atoms with Crippen molar-refractivity contribution in [3.8, 4) is 0 Å². The molecule has 0 aliphatic carbocycles. The molecule has 1 unspecified atom stereocenters. The van der Waals surface area contributed by atoms with Crippen LogP contribution in [0.25, 0.3) is 0 Å². The van der Waals surface area contributed by atoms with Gasteiger partial charge in [0.05, 0.1) is 13.7 Å². The van der Waals surface area contributed by atoms with Crippen LogP contribution in [-0.4, -0.2) is 18.8 Å². The molecule has 0 radical (unpaired) electrons. The Morgan fingerprint density at radius 2 is 2.36 bits per heavy atom. The molecule has 0 spiro atoms. The van der Waals surface area contributed by atoms with E-state index in [0.29, 0.717) is 5.70 Å². The van der Waals surface area contributed by atoms with E-state index in [0.717, 1.165) is 0 Å². The normalized spacial score (nSPS) is 15.4. The Bertz CT molecular complexity index is 171. The van der Waals surface area contributed by atoms with Crippen LogP contribution < -0.4 is 5.06 Å². The third-order valence-corrected chi connectivity index (χ3v) is 1.11. The molecule has 0 aliphatic rings. The highest BCUT2D eigenvalue weighted by molar-refractivity contribution is 5.15. The standard InChI is InChI=1S/C8H13NO2/c1-3-5-8(9(2)11)6-4-7-10/h3-6,9-10H,1,7H2,2H3/b6-4-,8-5+. The quantitative estimate of drug-likeness (QED) is 0.429. The van der Waals surface area contributed by atoms with E-state index < -0.39 is 0 Å². The fourth-order valence-corrected chi connectivity index (χ4v) is 0.597. The summed E-state index contributed by atoms with van der Waals surface area (Å²) in [5.41, 5.74) is 0.550. The molecule has 0 heterocycles. The summed E-state index contributed by atoms with van der Waals surface area (Å²) >= 11 is 0. The molecule has 0 aromatic rings. The minimum Gasteiger partial charge on any atom is -0.629 e. The molecule has 0 fully saturated rings. The van der Waals surface area contributed by atoms with Crippen molar-refractivity contribution in [3.05, 3.63) is 41.8 Å². The predicted molar refractivity (Wildman–Crippen MR) is 44.8 cm³/mol. The number of likely N-dealkylation sites (N-methyl/N-ethyl adjacent to an activating group) is 1. The smallest absolute Gasteiger partial charge is 0.130 e. The zero-order valence-electron chi connectivity index (χ0n) is 6.58. The van der Waals surface area contributed by atoms with Gasteiger partial charge in [-0.1, -0.05) is 18.7 Å². The Kier molecular flexibility index (Phi) is 5.37. The second-order valence-corrected chi connectivity index (χ2v) is 2.00. The van der Waals surface area contributed by atoms with Crippen LogP contribution in [0.15, 0.2) is 36.6 Å². The minimum atomic E-state index is -0.0538. The first kappa shape index (κ1) is 10.1. The molecule has 3 nitrogen and oxygen atoms in total. The number of aliphatic hydroxyl groups is 1. The van der Waals surface area contributed by atoms with Gasteiger partial charge in [0.15, 0.2) is 0 Å². The number of rotatable bonds is 4. The van der Waals surface area contributed by atoms with Gasteiger partial charge >= 0.3 is 0 Å². The molecule has 0 aromatic heterocycles. The summed E-state index contributed by atoms with van der Waals surface area (Å²) in [5.74, 6) is 0. The summed E-state index contributed by atoms with van der Waals surface area (Å²) in [5, 5.41) is 19.2. The van der Waals surface area contributed by atoms with Crippen molar-refractivity contribution in [2.24, 2.45) is 0 Å². The highest BCUT2D eigenvalue weighted by Gasteiger charge is 1.92. The van der Waals surface area contributed by atoms with Crippen molar-refractivity contribution in [3.63, 3.8) is 0 Å². The molecule has 0 aromatic carbocycles. The first-order chi connectivity index (χ1) is 5.22. The van der Waals surface area contributed by atoms with Gasteiger partial charge < -0.3 is 15.4 Å². The predicted octanol–water partition coefficient (Wildman–Crippen LogP) is -0.383. The molecule has 0 rings (SSSR count). The summed E-state index contributed by atoms with van der Waals surface area (Å²) in [6.45, 7) is 3.41. The summed E-state index contributed by atoms with van der Waals surface area (Å²) in [6, 6.07) is 0. The molecule has 1 atom stereocenters. The molecule has 11 heavy (non-hydrogen) atoms. The monoisotopic (exact) mass is 155 g/mol. The molecule has 3 heteroatoms. The largest absolute Gasteiger partial charge is 0.629 e. The fourth-order valence-electron chi connectivity index (χ4n) is 0.597. The molecule has 0 saturated heterocycles. The van der Waals surface area contributed by atoms with Gasteiger partial charge in [-0.25, -0.2) is 0 Å². The number of nitrogens with one attached hydrogen (secondary N) is 1. The molecule has 0 aliphatic heterocycles. The molecule has 2 N–H and O–H groups in total. The van der Waals surface area contributed by atoms with Gasteiger partial charge in [0.25, 0.3) is 0 Å². The Labute approximate surface area is 66.5 Å². The molecule has 0 amide bonds. The lowest BCUT2D eigenvalue weighted by atomic mass is 10.3. The van der Waals surface area contributed by atoms with E-state index in [1.165, 1.54) is 13.1 Å². The number of hydroxylamine groups is 2. The van der Waals surface area contributed by atoms with Crippen LogP contribution in [0.2, 0.25) is 0 Å². The lowest BCUT2D eigenvalue weighted by Crippen LogP contribution is -3.01. The van der Waals surface area contributed by atoms with E-state index in [1.54, 1.807) is 18.2 Å². The minimum absolute atomic E-state index is 0.0328. The fraction of sp³-hybridized carbons (Fsp3) is 0.250. The summed E-state index contributed by atoms with van der Waals surface area (Å²) in [4.78, 5) is 0. The Hall–Kier alpha value is -0.900.